The third-order valence-corrected chi connectivity index (χ3v) is 2.83. The molecule has 0 amide bonds. The van der Waals surface area contributed by atoms with Gasteiger partial charge in [0.15, 0.2) is 0 Å². The maximum atomic E-state index is 11.6. The maximum absolute atomic E-state index is 11.6. The summed E-state index contributed by atoms with van der Waals surface area (Å²) in [7, 11) is 0. The van der Waals surface area contributed by atoms with Crippen molar-refractivity contribution < 1.29 is 9.53 Å². The van der Waals surface area contributed by atoms with Gasteiger partial charge in [0.25, 0.3) is 0 Å². The zero-order valence-corrected chi connectivity index (χ0v) is 12.6. The quantitative estimate of drug-likeness (QED) is 0.546. The van der Waals surface area contributed by atoms with Gasteiger partial charge in [0.2, 0.25) is 0 Å². The predicted molar refractivity (Wildman–Crippen MR) is 83.5 cm³/mol. The van der Waals surface area contributed by atoms with E-state index in [-0.39, 0.29) is 5.97 Å². The van der Waals surface area contributed by atoms with Crippen LogP contribution in [0.4, 0.5) is 0 Å². The Morgan fingerprint density at radius 3 is 2.60 bits per heavy atom. The molecule has 0 aliphatic carbocycles. The molecular weight excluding hydrogens is 248 g/mol. The molecule has 1 aromatic carbocycles. The van der Waals surface area contributed by atoms with Gasteiger partial charge in [-0.05, 0) is 30.9 Å². The highest BCUT2D eigenvalue weighted by Gasteiger charge is 2.02. The Labute approximate surface area is 122 Å². The predicted octanol–water partition coefficient (Wildman–Crippen LogP) is 4.32. The summed E-state index contributed by atoms with van der Waals surface area (Å²) in [6.45, 7) is 6.73. The average molecular weight is 272 g/mol. The van der Waals surface area contributed by atoms with Crippen molar-refractivity contribution in [2.24, 2.45) is 5.92 Å². The van der Waals surface area contributed by atoms with E-state index >= 15 is 0 Å². The number of esters is 1. The van der Waals surface area contributed by atoms with Crippen LogP contribution in [0.2, 0.25) is 0 Å². The Hall–Kier alpha value is -1.83. The van der Waals surface area contributed by atoms with Crippen molar-refractivity contribution in [1.29, 1.82) is 0 Å². The van der Waals surface area contributed by atoms with E-state index in [1.165, 1.54) is 0 Å². The molecule has 0 bridgehead atoms. The van der Waals surface area contributed by atoms with Crippen LogP contribution in [0.5, 0.6) is 0 Å². The SMILES string of the molecule is CC(/C=C/CC(C)C)=C\COC(=O)Cc1ccccc1. The second-order valence-electron chi connectivity index (χ2n) is 5.33. The van der Waals surface area contributed by atoms with Crippen molar-refractivity contribution in [2.45, 2.75) is 33.6 Å². The smallest absolute Gasteiger partial charge is 0.310 e. The van der Waals surface area contributed by atoms with Gasteiger partial charge in [0, 0.05) is 0 Å². The van der Waals surface area contributed by atoms with E-state index in [0.29, 0.717) is 18.9 Å². The van der Waals surface area contributed by atoms with Crippen molar-refractivity contribution in [2.75, 3.05) is 6.61 Å². The summed E-state index contributed by atoms with van der Waals surface area (Å²) in [6.07, 6.45) is 7.56. The van der Waals surface area contributed by atoms with Gasteiger partial charge in [-0.25, -0.2) is 0 Å². The fourth-order valence-electron chi connectivity index (χ4n) is 1.67. The van der Waals surface area contributed by atoms with Crippen LogP contribution in [0.25, 0.3) is 0 Å². The Morgan fingerprint density at radius 1 is 1.25 bits per heavy atom. The molecule has 0 atom stereocenters. The molecule has 1 aromatic rings. The van der Waals surface area contributed by atoms with Crippen LogP contribution in [0.3, 0.4) is 0 Å². The molecular formula is C18H24O2. The van der Waals surface area contributed by atoms with E-state index < -0.39 is 0 Å². The molecule has 0 radical (unpaired) electrons. The molecule has 0 saturated heterocycles. The summed E-state index contributed by atoms with van der Waals surface area (Å²) in [5.41, 5.74) is 2.10. The maximum Gasteiger partial charge on any atom is 0.310 e. The van der Waals surface area contributed by atoms with Crippen LogP contribution >= 0.6 is 0 Å². The lowest BCUT2D eigenvalue weighted by atomic mass is 10.1. The largest absolute Gasteiger partial charge is 0.461 e. The molecule has 0 fully saturated rings. The van der Waals surface area contributed by atoms with Crippen LogP contribution < -0.4 is 0 Å². The lowest BCUT2D eigenvalue weighted by Gasteiger charge is -2.02. The van der Waals surface area contributed by atoms with Gasteiger partial charge >= 0.3 is 5.97 Å². The lowest BCUT2D eigenvalue weighted by molar-refractivity contribution is -0.141. The van der Waals surface area contributed by atoms with Crippen LogP contribution in [0.15, 0.2) is 54.1 Å². The molecule has 0 spiro atoms. The van der Waals surface area contributed by atoms with Gasteiger partial charge in [-0.3, -0.25) is 4.79 Å². The first kappa shape index (κ1) is 16.2. The summed E-state index contributed by atoms with van der Waals surface area (Å²) in [4.78, 5) is 11.6. The molecule has 0 aliphatic rings. The molecule has 2 nitrogen and oxygen atoms in total. The van der Waals surface area contributed by atoms with Gasteiger partial charge in [0.05, 0.1) is 6.42 Å². The van der Waals surface area contributed by atoms with Gasteiger partial charge in [-0.15, -0.1) is 0 Å². The first-order chi connectivity index (χ1) is 9.58. The van der Waals surface area contributed by atoms with Crippen molar-refractivity contribution in [1.82, 2.24) is 0 Å². The molecule has 2 heteroatoms. The molecule has 1 rings (SSSR count). The van der Waals surface area contributed by atoms with Gasteiger partial charge in [-0.1, -0.05) is 61.9 Å². The van der Waals surface area contributed by atoms with Crippen molar-refractivity contribution in [3.05, 3.63) is 59.7 Å². The number of benzene rings is 1. The first-order valence-electron chi connectivity index (χ1n) is 7.10. The minimum atomic E-state index is -0.189. The fraction of sp³-hybridized carbons (Fsp3) is 0.389. The van der Waals surface area contributed by atoms with Crippen molar-refractivity contribution in [3.63, 3.8) is 0 Å². The molecule has 0 aromatic heterocycles. The molecule has 0 heterocycles. The highest BCUT2D eigenvalue weighted by Crippen LogP contribution is 2.04. The fourth-order valence-corrected chi connectivity index (χ4v) is 1.67. The van der Waals surface area contributed by atoms with Gasteiger partial charge in [0.1, 0.15) is 6.61 Å². The molecule has 20 heavy (non-hydrogen) atoms. The van der Waals surface area contributed by atoms with Gasteiger partial charge in [-0.2, -0.15) is 0 Å². The van der Waals surface area contributed by atoms with Crippen LogP contribution in [0, 0.1) is 5.92 Å². The number of ether oxygens (including phenoxy) is 1. The Balaban J connectivity index is 2.29. The summed E-state index contributed by atoms with van der Waals surface area (Å²) in [5, 5.41) is 0. The Kier molecular flexibility index (Phi) is 7.41. The van der Waals surface area contributed by atoms with E-state index in [0.717, 1.165) is 17.6 Å². The van der Waals surface area contributed by atoms with Crippen molar-refractivity contribution >= 4 is 5.97 Å². The van der Waals surface area contributed by atoms with E-state index in [2.05, 4.69) is 26.0 Å². The Bertz CT molecular complexity index is 456. The molecule has 0 N–H and O–H groups in total. The zero-order chi connectivity index (χ0) is 14.8. The third-order valence-electron chi connectivity index (χ3n) is 2.83. The second kappa shape index (κ2) is 9.13. The molecule has 0 saturated carbocycles. The summed E-state index contributed by atoms with van der Waals surface area (Å²) in [5.74, 6) is 0.481. The number of carbonyl (C=O) groups is 1. The van der Waals surface area contributed by atoms with Crippen LogP contribution in [-0.4, -0.2) is 12.6 Å². The minimum absolute atomic E-state index is 0.189. The van der Waals surface area contributed by atoms with E-state index in [4.69, 9.17) is 4.74 Å². The zero-order valence-electron chi connectivity index (χ0n) is 12.6. The first-order valence-corrected chi connectivity index (χ1v) is 7.10. The highest BCUT2D eigenvalue weighted by atomic mass is 16.5. The van der Waals surface area contributed by atoms with Gasteiger partial charge < -0.3 is 4.74 Å². The monoisotopic (exact) mass is 272 g/mol. The molecule has 0 unspecified atom stereocenters. The van der Waals surface area contributed by atoms with Crippen LogP contribution in [-0.2, 0) is 16.0 Å². The lowest BCUT2D eigenvalue weighted by Crippen LogP contribution is -2.08. The van der Waals surface area contributed by atoms with E-state index in [1.807, 2.05) is 43.3 Å². The van der Waals surface area contributed by atoms with Crippen molar-refractivity contribution in [3.8, 4) is 0 Å². The summed E-state index contributed by atoms with van der Waals surface area (Å²) < 4.78 is 5.19. The number of allylic oxidation sites excluding steroid dienone is 3. The molecule has 0 aliphatic heterocycles. The van der Waals surface area contributed by atoms with E-state index in [1.54, 1.807) is 0 Å². The summed E-state index contributed by atoms with van der Waals surface area (Å²) in [6, 6.07) is 9.64. The van der Waals surface area contributed by atoms with Crippen LogP contribution in [0.1, 0.15) is 32.8 Å². The molecule has 108 valence electrons. The topological polar surface area (TPSA) is 26.3 Å². The highest BCUT2D eigenvalue weighted by molar-refractivity contribution is 5.72. The average Bonchev–Trinajstić information content (AvgIpc) is 2.39. The third kappa shape index (κ3) is 7.57. The second-order valence-corrected chi connectivity index (χ2v) is 5.33. The minimum Gasteiger partial charge on any atom is -0.461 e. The normalized spacial score (nSPS) is 12.1. The number of hydrogen-bond acceptors (Lipinski definition) is 2. The number of carbonyl (C=O) groups excluding carboxylic acids is 1. The standard InChI is InChI=1S/C18H24O2/c1-15(2)8-7-9-16(3)12-13-20-18(19)14-17-10-5-4-6-11-17/h4-7,9-12,15H,8,13-14H2,1-3H3/b9-7+,16-12+. The summed E-state index contributed by atoms with van der Waals surface area (Å²) >= 11 is 0. The van der Waals surface area contributed by atoms with E-state index in [9.17, 15) is 4.79 Å². The number of hydrogen-bond donors (Lipinski definition) is 0. The Morgan fingerprint density at radius 2 is 1.95 bits per heavy atom. The number of rotatable bonds is 7.